The number of ether oxygens (including phenoxy) is 3. The smallest absolute Gasteiger partial charge is 0.416 e. The number of fused-ring (bicyclic) bond motifs is 1. The number of benzene rings is 2. The molecule has 3 rings (SSSR count). The number of hydrogen-bond donors (Lipinski definition) is 0. The van der Waals surface area contributed by atoms with Gasteiger partial charge in [0.1, 0.15) is 0 Å². The third-order valence-corrected chi connectivity index (χ3v) is 6.84. The second kappa shape index (κ2) is 11.8. The van der Waals surface area contributed by atoms with E-state index < -0.39 is 42.2 Å². The highest BCUT2D eigenvalue weighted by Gasteiger charge is 2.40. The number of amides is 1. The van der Waals surface area contributed by atoms with Crippen LogP contribution in [0.5, 0.6) is 11.5 Å². The molecule has 1 aliphatic heterocycles. The number of carbonyl (C=O) groups excluding carboxylic acids is 1. The van der Waals surface area contributed by atoms with Crippen molar-refractivity contribution in [3.8, 4) is 11.5 Å². The van der Waals surface area contributed by atoms with Crippen LogP contribution in [-0.4, -0.2) is 44.9 Å². The Morgan fingerprint density at radius 1 is 0.949 bits per heavy atom. The highest BCUT2D eigenvalue weighted by atomic mass is 19.4. The molecule has 0 aliphatic carbocycles. The first kappa shape index (κ1) is 30.2. The number of carbonyl (C=O) groups is 1. The summed E-state index contributed by atoms with van der Waals surface area (Å²) < 4.78 is 96.9. The Labute approximate surface area is 223 Å². The number of methoxy groups -OCH3 is 3. The van der Waals surface area contributed by atoms with Crippen LogP contribution in [0.1, 0.15) is 61.4 Å². The maximum atomic E-state index is 13.5. The summed E-state index contributed by atoms with van der Waals surface area (Å²) >= 11 is 0. The molecule has 0 saturated heterocycles. The Balaban J connectivity index is 2.17. The van der Waals surface area contributed by atoms with Gasteiger partial charge in [-0.05, 0) is 49.6 Å². The average molecular weight is 563 g/mol. The molecular formula is C27H32F6N2O4. The Morgan fingerprint density at radius 3 is 2.00 bits per heavy atom. The van der Waals surface area contributed by atoms with Gasteiger partial charge in [-0.2, -0.15) is 26.3 Å². The summed E-state index contributed by atoms with van der Waals surface area (Å²) in [7, 11) is 4.04. The summed E-state index contributed by atoms with van der Waals surface area (Å²) in [5.41, 5.74) is -1.88. The van der Waals surface area contributed by atoms with Crippen LogP contribution in [0, 0.1) is 0 Å². The van der Waals surface area contributed by atoms with E-state index in [4.69, 9.17) is 14.2 Å². The van der Waals surface area contributed by atoms with Gasteiger partial charge in [0.2, 0.25) is 0 Å². The second-order valence-electron chi connectivity index (χ2n) is 9.43. The summed E-state index contributed by atoms with van der Waals surface area (Å²) in [5, 5.41) is 0. The lowest BCUT2D eigenvalue weighted by Crippen LogP contribution is -2.45. The minimum atomic E-state index is -5.01. The normalized spacial score (nSPS) is 17.5. The summed E-state index contributed by atoms with van der Waals surface area (Å²) in [6.07, 6.45) is -8.74. The van der Waals surface area contributed by atoms with Gasteiger partial charge >= 0.3 is 18.4 Å². The summed E-state index contributed by atoms with van der Waals surface area (Å²) in [4.78, 5) is 16.3. The first-order chi connectivity index (χ1) is 18.2. The van der Waals surface area contributed by atoms with Crippen LogP contribution in [0.2, 0.25) is 0 Å². The van der Waals surface area contributed by atoms with E-state index in [0.717, 1.165) is 30.5 Å². The molecule has 0 unspecified atom stereocenters. The third-order valence-electron chi connectivity index (χ3n) is 6.84. The van der Waals surface area contributed by atoms with Crippen LogP contribution in [0.4, 0.5) is 36.8 Å². The van der Waals surface area contributed by atoms with Gasteiger partial charge in [-0.25, -0.2) is 4.79 Å². The number of alkyl halides is 6. The van der Waals surface area contributed by atoms with Crippen molar-refractivity contribution in [1.29, 1.82) is 0 Å². The average Bonchev–Trinajstić information content (AvgIpc) is 2.88. The highest BCUT2D eigenvalue weighted by molar-refractivity contribution is 5.71. The Hall–Kier alpha value is -3.31. The predicted octanol–water partition coefficient (Wildman–Crippen LogP) is 7.45. The SMILES string of the molecule is CCCCN1c2cc(OC)c(OC)cc2[C@H](N(Cc2cc(C(F)(F)F)cc(C(F)(F)F)c2)C(=O)OC)C[C@@H]1C. The van der Waals surface area contributed by atoms with Gasteiger partial charge in [0.15, 0.2) is 11.5 Å². The molecule has 0 aromatic heterocycles. The molecule has 1 heterocycles. The lowest BCUT2D eigenvalue weighted by Gasteiger charge is -2.44. The molecule has 0 radical (unpaired) electrons. The minimum absolute atomic E-state index is 0.0622. The maximum absolute atomic E-state index is 13.5. The predicted molar refractivity (Wildman–Crippen MR) is 133 cm³/mol. The first-order valence-corrected chi connectivity index (χ1v) is 12.4. The van der Waals surface area contributed by atoms with Crippen LogP contribution in [0.3, 0.4) is 0 Å². The van der Waals surface area contributed by atoms with Gasteiger partial charge in [0.25, 0.3) is 0 Å². The largest absolute Gasteiger partial charge is 0.493 e. The zero-order valence-corrected chi connectivity index (χ0v) is 22.4. The van der Waals surface area contributed by atoms with Crippen molar-refractivity contribution in [3.63, 3.8) is 0 Å². The zero-order chi connectivity index (χ0) is 29.1. The molecule has 0 fully saturated rings. The fraction of sp³-hybridized carbons (Fsp3) is 0.519. The van der Waals surface area contributed by atoms with Gasteiger partial charge in [-0.3, -0.25) is 4.90 Å². The van der Waals surface area contributed by atoms with Crippen LogP contribution < -0.4 is 14.4 Å². The van der Waals surface area contributed by atoms with Crippen LogP contribution in [0.25, 0.3) is 0 Å². The topological polar surface area (TPSA) is 51.2 Å². The second-order valence-corrected chi connectivity index (χ2v) is 9.43. The quantitative estimate of drug-likeness (QED) is 0.313. The molecule has 1 aliphatic rings. The Kier molecular flexibility index (Phi) is 9.17. The number of hydrogen-bond acceptors (Lipinski definition) is 5. The van der Waals surface area contributed by atoms with Crippen LogP contribution in [0.15, 0.2) is 30.3 Å². The number of anilines is 1. The summed E-state index contributed by atoms with van der Waals surface area (Å²) in [5.74, 6) is 0.817. The lowest BCUT2D eigenvalue weighted by atomic mass is 9.89. The van der Waals surface area contributed by atoms with Crippen molar-refractivity contribution in [2.24, 2.45) is 0 Å². The van der Waals surface area contributed by atoms with E-state index in [1.54, 1.807) is 12.1 Å². The van der Waals surface area contributed by atoms with E-state index in [1.807, 2.05) is 6.92 Å². The van der Waals surface area contributed by atoms with Crippen molar-refractivity contribution in [3.05, 3.63) is 52.6 Å². The van der Waals surface area contributed by atoms with Gasteiger partial charge in [0.05, 0.1) is 38.5 Å². The fourth-order valence-corrected chi connectivity index (χ4v) is 4.91. The highest BCUT2D eigenvalue weighted by Crippen LogP contribution is 2.46. The van der Waals surface area contributed by atoms with E-state index in [9.17, 15) is 31.1 Å². The Bertz CT molecular complexity index is 1140. The van der Waals surface area contributed by atoms with E-state index >= 15 is 0 Å². The van der Waals surface area contributed by atoms with Crippen LogP contribution >= 0.6 is 0 Å². The molecule has 12 heteroatoms. The molecule has 6 nitrogen and oxygen atoms in total. The molecule has 1 amide bonds. The molecule has 0 saturated carbocycles. The van der Waals surface area contributed by atoms with E-state index in [1.165, 1.54) is 14.2 Å². The fourth-order valence-electron chi connectivity index (χ4n) is 4.91. The van der Waals surface area contributed by atoms with Crippen LogP contribution in [-0.2, 0) is 23.6 Å². The molecule has 0 N–H and O–H groups in total. The molecule has 0 bridgehead atoms. The number of rotatable bonds is 8. The van der Waals surface area contributed by atoms with Crippen molar-refractivity contribution < 1.29 is 45.3 Å². The standard InChI is InChI=1S/C27H32F6N2O4/c1-6-7-8-34-16(2)9-21(20-13-23(37-3)24(38-4)14-22(20)34)35(25(36)39-5)15-17-10-18(26(28,29)30)12-19(11-17)27(31,32)33/h10-14,16,21H,6-9,15H2,1-5H3/t16-,21+/m0/s1. The van der Waals surface area contributed by atoms with E-state index in [2.05, 4.69) is 11.8 Å². The molecule has 216 valence electrons. The van der Waals surface area contributed by atoms with Gasteiger partial charge in [-0.1, -0.05) is 13.3 Å². The molecular weight excluding hydrogens is 530 g/mol. The molecule has 2 aromatic carbocycles. The third kappa shape index (κ3) is 6.65. The summed E-state index contributed by atoms with van der Waals surface area (Å²) in [6.45, 7) is 4.16. The molecule has 0 spiro atoms. The Morgan fingerprint density at radius 2 is 1.51 bits per heavy atom. The van der Waals surface area contributed by atoms with Gasteiger partial charge < -0.3 is 19.1 Å². The van der Waals surface area contributed by atoms with Crippen molar-refractivity contribution in [2.45, 2.75) is 64.1 Å². The van der Waals surface area contributed by atoms with Crippen molar-refractivity contribution in [1.82, 2.24) is 4.90 Å². The van der Waals surface area contributed by atoms with E-state index in [-0.39, 0.29) is 17.7 Å². The summed E-state index contributed by atoms with van der Waals surface area (Å²) in [6, 6.07) is 3.92. The number of unbranched alkanes of at least 4 members (excludes halogenated alkanes) is 1. The monoisotopic (exact) mass is 562 g/mol. The minimum Gasteiger partial charge on any atom is -0.493 e. The molecule has 2 aromatic rings. The van der Waals surface area contributed by atoms with Gasteiger partial charge in [0, 0.05) is 36.4 Å². The zero-order valence-electron chi connectivity index (χ0n) is 22.4. The molecule has 39 heavy (non-hydrogen) atoms. The van der Waals surface area contributed by atoms with Crippen molar-refractivity contribution >= 4 is 11.8 Å². The van der Waals surface area contributed by atoms with E-state index in [0.29, 0.717) is 42.2 Å². The molecule has 2 atom stereocenters. The lowest BCUT2D eigenvalue weighted by molar-refractivity contribution is -0.143. The van der Waals surface area contributed by atoms with Crippen molar-refractivity contribution in [2.75, 3.05) is 32.8 Å². The van der Waals surface area contributed by atoms with Gasteiger partial charge in [-0.15, -0.1) is 0 Å². The number of halogens is 6. The first-order valence-electron chi connectivity index (χ1n) is 12.4. The number of nitrogens with zero attached hydrogens (tertiary/aromatic N) is 2. The maximum Gasteiger partial charge on any atom is 0.416 e.